The summed E-state index contributed by atoms with van der Waals surface area (Å²) in [6, 6.07) is 5.84. The highest BCUT2D eigenvalue weighted by Crippen LogP contribution is 2.32. The van der Waals surface area contributed by atoms with Crippen LogP contribution in [0, 0.1) is 0 Å². The number of nitrogens with zero attached hydrogens (tertiary/aromatic N) is 1. The van der Waals surface area contributed by atoms with Crippen LogP contribution in [-0.2, 0) is 0 Å². The van der Waals surface area contributed by atoms with E-state index in [1.54, 1.807) is 18.9 Å². The summed E-state index contributed by atoms with van der Waals surface area (Å²) < 4.78 is 5.13. The Hall–Kier alpha value is -1.16. The molecule has 1 heterocycles. The molecule has 0 unspecified atom stereocenters. The van der Waals surface area contributed by atoms with Gasteiger partial charge in [0.25, 0.3) is 0 Å². The second-order valence-corrected chi connectivity index (χ2v) is 4.14. The first-order valence-corrected chi connectivity index (χ1v) is 5.36. The summed E-state index contributed by atoms with van der Waals surface area (Å²) in [4.78, 5) is 1.16. The lowest BCUT2D eigenvalue weighted by Crippen LogP contribution is -2.09. The Balaban J connectivity index is 2.49. The number of oxime groups is 1. The first kappa shape index (κ1) is 9.40. The van der Waals surface area contributed by atoms with Gasteiger partial charge in [0.15, 0.2) is 0 Å². The van der Waals surface area contributed by atoms with E-state index in [9.17, 15) is 0 Å². The zero-order valence-corrected chi connectivity index (χ0v) is 8.67. The maximum Gasteiger partial charge on any atom is 0.119 e. The fraction of sp³-hybridized carbons (Fsp3) is 0.300. The standard InChI is InChI=1S/C10H11NO2S/c1-13-7-2-3-10-8(6-7)9(11-12)4-5-14-10/h2-3,6,12H,4-5H2,1H3/b11-9-. The Labute approximate surface area is 86.8 Å². The van der Waals surface area contributed by atoms with E-state index in [0.29, 0.717) is 0 Å². The summed E-state index contributed by atoms with van der Waals surface area (Å²) in [5, 5.41) is 12.2. The number of fused-ring (bicyclic) bond motifs is 1. The van der Waals surface area contributed by atoms with Crippen molar-refractivity contribution in [2.24, 2.45) is 5.16 Å². The molecule has 0 fully saturated rings. The molecule has 0 saturated heterocycles. The summed E-state index contributed by atoms with van der Waals surface area (Å²) in [7, 11) is 1.63. The molecule has 0 spiro atoms. The number of benzene rings is 1. The van der Waals surface area contributed by atoms with Crippen molar-refractivity contribution in [1.29, 1.82) is 0 Å². The predicted octanol–water partition coefficient (Wildman–Crippen LogP) is 2.37. The van der Waals surface area contributed by atoms with Crippen molar-refractivity contribution in [3.8, 4) is 5.75 Å². The molecule has 1 N–H and O–H groups in total. The van der Waals surface area contributed by atoms with E-state index in [1.807, 2.05) is 18.2 Å². The third-order valence-corrected chi connectivity index (χ3v) is 3.29. The van der Waals surface area contributed by atoms with Crippen molar-refractivity contribution < 1.29 is 9.94 Å². The van der Waals surface area contributed by atoms with Crippen molar-refractivity contribution >= 4 is 17.5 Å². The van der Waals surface area contributed by atoms with Gasteiger partial charge in [-0.05, 0) is 18.2 Å². The third-order valence-electron chi connectivity index (χ3n) is 2.21. The molecule has 4 heteroatoms. The van der Waals surface area contributed by atoms with Gasteiger partial charge in [0, 0.05) is 22.6 Å². The second-order valence-electron chi connectivity index (χ2n) is 3.01. The van der Waals surface area contributed by atoms with Crippen LogP contribution in [0.4, 0.5) is 0 Å². The van der Waals surface area contributed by atoms with E-state index in [1.165, 1.54) is 0 Å². The molecule has 0 radical (unpaired) electrons. The number of hydrogen-bond donors (Lipinski definition) is 1. The van der Waals surface area contributed by atoms with E-state index >= 15 is 0 Å². The summed E-state index contributed by atoms with van der Waals surface area (Å²) in [5.41, 5.74) is 1.74. The minimum Gasteiger partial charge on any atom is -0.497 e. The Morgan fingerprint density at radius 3 is 3.07 bits per heavy atom. The zero-order chi connectivity index (χ0) is 9.97. The van der Waals surface area contributed by atoms with Crippen molar-refractivity contribution in [1.82, 2.24) is 0 Å². The van der Waals surface area contributed by atoms with Gasteiger partial charge < -0.3 is 9.94 Å². The molecule has 1 aromatic carbocycles. The van der Waals surface area contributed by atoms with Crippen LogP contribution < -0.4 is 4.74 Å². The van der Waals surface area contributed by atoms with Gasteiger partial charge in [0.1, 0.15) is 5.75 Å². The quantitative estimate of drug-likeness (QED) is 0.570. The Morgan fingerprint density at radius 1 is 1.50 bits per heavy atom. The summed E-state index contributed by atoms with van der Waals surface area (Å²) in [6.07, 6.45) is 0.807. The number of ether oxygens (including phenoxy) is 1. The van der Waals surface area contributed by atoms with Crippen LogP contribution in [-0.4, -0.2) is 23.8 Å². The molecule has 1 aliphatic rings. The average Bonchev–Trinajstić information content (AvgIpc) is 2.27. The van der Waals surface area contributed by atoms with Gasteiger partial charge >= 0.3 is 0 Å². The van der Waals surface area contributed by atoms with Crippen LogP contribution in [0.5, 0.6) is 5.75 Å². The molecule has 0 saturated carbocycles. The first-order valence-electron chi connectivity index (χ1n) is 4.37. The fourth-order valence-corrected chi connectivity index (χ4v) is 2.50. The van der Waals surface area contributed by atoms with Crippen LogP contribution in [0.2, 0.25) is 0 Å². The lowest BCUT2D eigenvalue weighted by molar-refractivity contribution is 0.318. The Bertz CT molecular complexity index is 376. The van der Waals surface area contributed by atoms with Crippen molar-refractivity contribution in [3.63, 3.8) is 0 Å². The first-order chi connectivity index (χ1) is 6.85. The summed E-state index contributed by atoms with van der Waals surface area (Å²) in [6.45, 7) is 0. The molecule has 14 heavy (non-hydrogen) atoms. The van der Waals surface area contributed by atoms with Gasteiger partial charge in [-0.2, -0.15) is 0 Å². The maximum absolute atomic E-state index is 8.84. The third kappa shape index (κ3) is 1.57. The minimum absolute atomic E-state index is 0.748. The number of methoxy groups -OCH3 is 1. The van der Waals surface area contributed by atoms with Gasteiger partial charge in [0.2, 0.25) is 0 Å². The van der Waals surface area contributed by atoms with E-state index < -0.39 is 0 Å². The van der Waals surface area contributed by atoms with Crippen LogP contribution in [0.1, 0.15) is 12.0 Å². The monoisotopic (exact) mass is 209 g/mol. The molecular formula is C10H11NO2S. The van der Waals surface area contributed by atoms with Crippen LogP contribution in [0.25, 0.3) is 0 Å². The van der Waals surface area contributed by atoms with Crippen molar-refractivity contribution in [3.05, 3.63) is 23.8 Å². The lowest BCUT2D eigenvalue weighted by atomic mass is 10.1. The van der Waals surface area contributed by atoms with Gasteiger partial charge in [-0.25, -0.2) is 0 Å². The molecule has 0 amide bonds. The lowest BCUT2D eigenvalue weighted by Gasteiger charge is -2.16. The Morgan fingerprint density at radius 2 is 2.36 bits per heavy atom. The van der Waals surface area contributed by atoms with E-state index in [-0.39, 0.29) is 0 Å². The fourth-order valence-electron chi connectivity index (χ4n) is 1.48. The SMILES string of the molecule is COc1ccc2c(c1)/C(=N\O)CCS2. The van der Waals surface area contributed by atoms with Gasteiger partial charge in [-0.3, -0.25) is 0 Å². The molecule has 2 rings (SSSR count). The van der Waals surface area contributed by atoms with Gasteiger partial charge in [0.05, 0.1) is 12.8 Å². The van der Waals surface area contributed by atoms with Gasteiger partial charge in [-0.15, -0.1) is 11.8 Å². The number of thioether (sulfide) groups is 1. The molecule has 1 aliphatic heterocycles. The molecule has 1 aromatic rings. The number of rotatable bonds is 1. The average molecular weight is 209 g/mol. The van der Waals surface area contributed by atoms with Crippen molar-refractivity contribution in [2.45, 2.75) is 11.3 Å². The Kier molecular flexibility index (Phi) is 2.63. The minimum atomic E-state index is 0.748. The van der Waals surface area contributed by atoms with Gasteiger partial charge in [-0.1, -0.05) is 5.16 Å². The largest absolute Gasteiger partial charge is 0.497 e. The van der Waals surface area contributed by atoms with Crippen LogP contribution in [0.15, 0.2) is 28.3 Å². The molecule has 74 valence electrons. The van der Waals surface area contributed by atoms with E-state index in [2.05, 4.69) is 5.16 Å². The van der Waals surface area contributed by atoms with Crippen LogP contribution in [0.3, 0.4) is 0 Å². The second kappa shape index (κ2) is 3.92. The zero-order valence-electron chi connectivity index (χ0n) is 7.86. The highest BCUT2D eigenvalue weighted by molar-refractivity contribution is 7.99. The highest BCUT2D eigenvalue weighted by atomic mass is 32.2. The molecule has 0 bridgehead atoms. The van der Waals surface area contributed by atoms with E-state index in [0.717, 1.165) is 34.1 Å². The molecule has 0 aliphatic carbocycles. The van der Waals surface area contributed by atoms with E-state index in [4.69, 9.17) is 9.94 Å². The summed E-state index contributed by atoms with van der Waals surface area (Å²) in [5.74, 6) is 1.77. The normalized spacial score (nSPS) is 17.9. The smallest absolute Gasteiger partial charge is 0.119 e. The van der Waals surface area contributed by atoms with Crippen molar-refractivity contribution in [2.75, 3.05) is 12.9 Å². The molecule has 0 atom stereocenters. The van der Waals surface area contributed by atoms with Crippen LogP contribution >= 0.6 is 11.8 Å². The number of hydrogen-bond acceptors (Lipinski definition) is 4. The summed E-state index contributed by atoms with van der Waals surface area (Å²) >= 11 is 1.78. The molecular weight excluding hydrogens is 198 g/mol. The maximum atomic E-state index is 8.84. The highest BCUT2D eigenvalue weighted by Gasteiger charge is 2.16. The topological polar surface area (TPSA) is 41.8 Å². The molecule has 3 nitrogen and oxygen atoms in total. The molecule has 0 aromatic heterocycles. The predicted molar refractivity (Wildman–Crippen MR) is 56.7 cm³/mol.